The average Bonchev–Trinajstić information content (AvgIpc) is 2.83. The van der Waals surface area contributed by atoms with Crippen molar-refractivity contribution in [2.24, 2.45) is 0 Å². The van der Waals surface area contributed by atoms with Gasteiger partial charge in [-0.25, -0.2) is 4.98 Å². The Hall–Kier alpha value is -3.97. The van der Waals surface area contributed by atoms with E-state index in [1.165, 1.54) is 11.5 Å². The van der Waals surface area contributed by atoms with Crippen LogP contribution < -0.4 is 16.2 Å². The van der Waals surface area contributed by atoms with Crippen molar-refractivity contribution in [1.29, 1.82) is 0 Å². The van der Waals surface area contributed by atoms with E-state index < -0.39 is 11.6 Å². The fraction of sp³-hybridized carbons (Fsp3) is 0.185. The van der Waals surface area contributed by atoms with Gasteiger partial charge in [0.2, 0.25) is 11.8 Å². The van der Waals surface area contributed by atoms with Crippen molar-refractivity contribution in [3.63, 3.8) is 0 Å². The molecule has 178 valence electrons. The van der Waals surface area contributed by atoms with E-state index in [1.54, 1.807) is 54.6 Å². The zero-order chi connectivity index (χ0) is 25.1. The Morgan fingerprint density at radius 1 is 1.03 bits per heavy atom. The van der Waals surface area contributed by atoms with Crippen LogP contribution in [0.15, 0.2) is 71.5 Å². The van der Waals surface area contributed by atoms with Gasteiger partial charge in [-0.2, -0.15) is 0 Å². The van der Waals surface area contributed by atoms with E-state index in [4.69, 9.17) is 11.6 Å². The summed E-state index contributed by atoms with van der Waals surface area (Å²) in [6.07, 6.45) is 0.367. The highest BCUT2D eigenvalue weighted by atomic mass is 35.5. The summed E-state index contributed by atoms with van der Waals surface area (Å²) in [7, 11) is 0. The number of benzene rings is 3. The molecule has 0 radical (unpaired) electrons. The molecule has 4 rings (SSSR count). The number of para-hydroxylation sites is 3. The Morgan fingerprint density at radius 2 is 1.74 bits per heavy atom. The number of amides is 2. The topological polar surface area (TPSA) is 93.1 Å². The molecule has 1 atom stereocenters. The second kappa shape index (κ2) is 10.1. The first-order valence-corrected chi connectivity index (χ1v) is 11.6. The normalized spacial score (nSPS) is 11.8. The van der Waals surface area contributed by atoms with E-state index in [2.05, 4.69) is 15.6 Å². The Bertz CT molecular complexity index is 1500. The standard InChI is InChI=1S/C27H25ClN4O3/c1-4-23(26(34)30-18-14-13-16(2)20(28)15-18)32-24-12-8-7-11-22(24)31-25(27(32)35)19-9-5-6-10-21(19)29-17(3)33/h5-15,23H,4H2,1-3H3,(H,29,33)(H,30,34)/t23-/m0/s1. The minimum Gasteiger partial charge on any atom is -0.326 e. The molecule has 8 heteroatoms. The van der Waals surface area contributed by atoms with Crippen molar-refractivity contribution in [2.75, 3.05) is 10.6 Å². The Morgan fingerprint density at radius 3 is 2.46 bits per heavy atom. The molecule has 1 heterocycles. The van der Waals surface area contributed by atoms with Crippen LogP contribution in [0.3, 0.4) is 0 Å². The number of nitrogens with zero attached hydrogens (tertiary/aromatic N) is 2. The van der Waals surface area contributed by atoms with Gasteiger partial charge in [-0.15, -0.1) is 0 Å². The van der Waals surface area contributed by atoms with Crippen molar-refractivity contribution in [1.82, 2.24) is 9.55 Å². The monoisotopic (exact) mass is 488 g/mol. The van der Waals surface area contributed by atoms with Gasteiger partial charge < -0.3 is 10.6 Å². The van der Waals surface area contributed by atoms with Crippen molar-refractivity contribution >= 4 is 45.8 Å². The van der Waals surface area contributed by atoms with Gasteiger partial charge in [-0.3, -0.25) is 19.0 Å². The molecule has 1 aromatic heterocycles. The van der Waals surface area contributed by atoms with Crippen LogP contribution >= 0.6 is 11.6 Å². The maximum absolute atomic E-state index is 13.9. The summed E-state index contributed by atoms with van der Waals surface area (Å²) in [5, 5.41) is 6.18. The molecule has 3 aromatic carbocycles. The number of nitrogens with one attached hydrogen (secondary N) is 2. The zero-order valence-electron chi connectivity index (χ0n) is 19.6. The van der Waals surface area contributed by atoms with E-state index in [9.17, 15) is 14.4 Å². The van der Waals surface area contributed by atoms with E-state index in [0.29, 0.717) is 39.4 Å². The molecule has 0 aliphatic carbocycles. The van der Waals surface area contributed by atoms with Gasteiger partial charge in [0.15, 0.2) is 0 Å². The first-order chi connectivity index (χ1) is 16.8. The molecule has 2 amide bonds. The molecule has 0 aliphatic heterocycles. The molecule has 7 nitrogen and oxygen atoms in total. The van der Waals surface area contributed by atoms with Crippen molar-refractivity contribution in [3.8, 4) is 11.3 Å². The van der Waals surface area contributed by atoms with Crippen LogP contribution in [0.4, 0.5) is 11.4 Å². The van der Waals surface area contributed by atoms with E-state index >= 15 is 0 Å². The molecule has 0 bridgehead atoms. The summed E-state index contributed by atoms with van der Waals surface area (Å²) in [4.78, 5) is 43.6. The number of anilines is 2. The van der Waals surface area contributed by atoms with Crippen LogP contribution in [0.1, 0.15) is 31.9 Å². The Kier molecular flexibility index (Phi) is 6.98. The maximum Gasteiger partial charge on any atom is 0.278 e. The molecule has 0 spiro atoms. The molecule has 0 saturated carbocycles. The highest BCUT2D eigenvalue weighted by Crippen LogP contribution is 2.28. The molecular weight excluding hydrogens is 464 g/mol. The molecule has 0 fully saturated rings. The smallest absolute Gasteiger partial charge is 0.278 e. The van der Waals surface area contributed by atoms with Crippen LogP contribution in [0, 0.1) is 6.92 Å². The summed E-state index contributed by atoms with van der Waals surface area (Å²) < 4.78 is 1.48. The summed E-state index contributed by atoms with van der Waals surface area (Å²) in [6, 6.07) is 18.6. The second-order valence-electron chi connectivity index (χ2n) is 8.23. The minimum atomic E-state index is -0.804. The number of hydrogen-bond donors (Lipinski definition) is 2. The number of aromatic nitrogens is 2. The molecule has 0 unspecified atom stereocenters. The number of fused-ring (bicyclic) bond motifs is 1. The maximum atomic E-state index is 13.9. The number of carbonyl (C=O) groups is 2. The van der Waals surface area contributed by atoms with Crippen molar-refractivity contribution < 1.29 is 9.59 Å². The third-order valence-corrected chi connectivity index (χ3v) is 6.14. The van der Waals surface area contributed by atoms with Gasteiger partial charge in [0.05, 0.1) is 16.7 Å². The average molecular weight is 489 g/mol. The number of halogens is 1. The molecule has 0 aliphatic rings. The lowest BCUT2D eigenvalue weighted by Crippen LogP contribution is -2.34. The molecule has 4 aromatic rings. The SMILES string of the molecule is CC[C@@H](C(=O)Nc1ccc(C)c(Cl)c1)n1c(=O)c(-c2ccccc2NC(C)=O)nc2ccccc21. The Balaban J connectivity index is 1.87. The fourth-order valence-corrected chi connectivity index (χ4v) is 4.19. The molecular formula is C27H25ClN4O3. The zero-order valence-corrected chi connectivity index (χ0v) is 20.4. The third kappa shape index (κ3) is 4.95. The van der Waals surface area contributed by atoms with Crippen LogP contribution in [0.5, 0.6) is 0 Å². The highest BCUT2D eigenvalue weighted by molar-refractivity contribution is 6.31. The first kappa shape index (κ1) is 24.2. The highest BCUT2D eigenvalue weighted by Gasteiger charge is 2.25. The molecule has 2 N–H and O–H groups in total. The third-order valence-electron chi connectivity index (χ3n) is 5.73. The van der Waals surface area contributed by atoms with Gasteiger partial charge in [0.25, 0.3) is 5.56 Å². The quantitative estimate of drug-likeness (QED) is 0.371. The molecule has 0 saturated heterocycles. The van der Waals surface area contributed by atoms with Crippen LogP contribution in [0.2, 0.25) is 5.02 Å². The van der Waals surface area contributed by atoms with E-state index in [1.807, 2.05) is 26.0 Å². The number of rotatable bonds is 6. The summed E-state index contributed by atoms with van der Waals surface area (Å²) in [5.74, 6) is -0.604. The van der Waals surface area contributed by atoms with Gasteiger partial charge in [-0.1, -0.05) is 54.9 Å². The first-order valence-electron chi connectivity index (χ1n) is 11.3. The van der Waals surface area contributed by atoms with Crippen molar-refractivity contribution in [2.45, 2.75) is 33.2 Å². The van der Waals surface area contributed by atoms with E-state index in [-0.39, 0.29) is 17.5 Å². The largest absolute Gasteiger partial charge is 0.326 e. The van der Waals surface area contributed by atoms with Gasteiger partial charge in [-0.05, 0) is 49.2 Å². The molecule has 35 heavy (non-hydrogen) atoms. The fourth-order valence-electron chi connectivity index (χ4n) is 4.01. The number of aryl methyl sites for hydroxylation is 1. The van der Waals surface area contributed by atoms with Gasteiger partial charge in [0, 0.05) is 23.2 Å². The predicted octanol–water partition coefficient (Wildman–Crippen LogP) is 5.57. The predicted molar refractivity (Wildman–Crippen MR) is 140 cm³/mol. The van der Waals surface area contributed by atoms with E-state index in [0.717, 1.165) is 5.56 Å². The lowest BCUT2D eigenvalue weighted by molar-refractivity contribution is -0.119. The minimum absolute atomic E-state index is 0.151. The summed E-state index contributed by atoms with van der Waals surface area (Å²) >= 11 is 6.23. The van der Waals surface area contributed by atoms with Crippen LogP contribution in [-0.4, -0.2) is 21.4 Å². The van der Waals surface area contributed by atoms with Crippen LogP contribution in [-0.2, 0) is 9.59 Å². The summed E-state index contributed by atoms with van der Waals surface area (Å²) in [6.45, 7) is 5.13. The number of carbonyl (C=O) groups excluding carboxylic acids is 2. The van der Waals surface area contributed by atoms with Crippen LogP contribution in [0.25, 0.3) is 22.3 Å². The van der Waals surface area contributed by atoms with Gasteiger partial charge in [0.1, 0.15) is 11.7 Å². The lowest BCUT2D eigenvalue weighted by Gasteiger charge is -2.21. The second-order valence-corrected chi connectivity index (χ2v) is 8.64. The lowest BCUT2D eigenvalue weighted by atomic mass is 10.1. The number of hydrogen-bond acceptors (Lipinski definition) is 4. The van der Waals surface area contributed by atoms with Crippen molar-refractivity contribution in [3.05, 3.63) is 87.7 Å². The Labute approximate surface area is 207 Å². The summed E-state index contributed by atoms with van der Waals surface area (Å²) in [5.41, 5.74) is 3.22. The van der Waals surface area contributed by atoms with Gasteiger partial charge >= 0.3 is 0 Å².